The summed E-state index contributed by atoms with van der Waals surface area (Å²) >= 11 is 3.79. The van der Waals surface area contributed by atoms with E-state index >= 15 is 0 Å². The number of aromatic nitrogens is 3. The van der Waals surface area contributed by atoms with Crippen molar-refractivity contribution >= 4 is 23.1 Å². The summed E-state index contributed by atoms with van der Waals surface area (Å²) in [6.45, 7) is 2.74. The topological polar surface area (TPSA) is 51.0 Å². The predicted molar refractivity (Wildman–Crippen MR) is 106 cm³/mol. The molecule has 26 heavy (non-hydrogen) atoms. The van der Waals surface area contributed by atoms with Crippen LogP contribution in [0.2, 0.25) is 0 Å². The van der Waals surface area contributed by atoms with Crippen molar-refractivity contribution in [3.05, 3.63) is 43.3 Å². The van der Waals surface area contributed by atoms with E-state index in [9.17, 15) is 4.79 Å². The van der Waals surface area contributed by atoms with Gasteiger partial charge >= 0.3 is 0 Å². The van der Waals surface area contributed by atoms with Gasteiger partial charge in [0, 0.05) is 29.2 Å². The standard InChI is InChI=1S/C19H24N4OS2/c24-19-9-13-12-25-8-6-15(13)21-23(19)10-14-3-2-7-22(14)11-18-20-16-4-1-5-17(16)26-18/h9,14H,1-8,10-12H2. The Kier molecular flexibility index (Phi) is 4.63. The summed E-state index contributed by atoms with van der Waals surface area (Å²) in [5, 5.41) is 5.96. The number of rotatable bonds is 4. The molecule has 5 rings (SSSR count). The Morgan fingerprint density at radius 2 is 2.15 bits per heavy atom. The van der Waals surface area contributed by atoms with E-state index in [1.165, 1.54) is 34.8 Å². The van der Waals surface area contributed by atoms with Gasteiger partial charge in [0.05, 0.1) is 24.5 Å². The van der Waals surface area contributed by atoms with E-state index in [-0.39, 0.29) is 5.56 Å². The minimum absolute atomic E-state index is 0.0614. The smallest absolute Gasteiger partial charge is 0.267 e. The van der Waals surface area contributed by atoms with Gasteiger partial charge in [0.2, 0.25) is 0 Å². The molecule has 7 heteroatoms. The molecule has 5 nitrogen and oxygen atoms in total. The van der Waals surface area contributed by atoms with Crippen LogP contribution in [-0.2, 0) is 38.1 Å². The SMILES string of the molecule is O=c1cc2c(nn1CC1CCCN1Cc1nc3c(s1)CCC3)CCSC2. The normalized spacial score (nSPS) is 22.5. The molecule has 2 aliphatic heterocycles. The number of likely N-dealkylation sites (tertiary alicyclic amines) is 1. The third-order valence-electron chi connectivity index (χ3n) is 5.77. The molecule has 4 heterocycles. The van der Waals surface area contributed by atoms with E-state index in [0.717, 1.165) is 55.1 Å². The van der Waals surface area contributed by atoms with Gasteiger partial charge in [0.1, 0.15) is 5.01 Å². The van der Waals surface area contributed by atoms with Crippen molar-refractivity contribution in [2.75, 3.05) is 12.3 Å². The average Bonchev–Trinajstić information content (AvgIpc) is 3.33. The molecule has 1 unspecified atom stereocenters. The Bertz CT molecular complexity index is 853. The first-order chi connectivity index (χ1) is 12.8. The molecule has 0 N–H and O–H groups in total. The Balaban J connectivity index is 1.32. The van der Waals surface area contributed by atoms with E-state index in [4.69, 9.17) is 10.1 Å². The molecule has 0 spiro atoms. The lowest BCUT2D eigenvalue weighted by Crippen LogP contribution is -2.37. The van der Waals surface area contributed by atoms with Crippen LogP contribution >= 0.6 is 23.1 Å². The van der Waals surface area contributed by atoms with Gasteiger partial charge in [-0.15, -0.1) is 11.3 Å². The Morgan fingerprint density at radius 3 is 3.08 bits per heavy atom. The van der Waals surface area contributed by atoms with E-state index in [2.05, 4.69) is 4.90 Å². The van der Waals surface area contributed by atoms with Gasteiger partial charge in [-0.05, 0) is 50.0 Å². The minimum atomic E-state index is 0.0614. The van der Waals surface area contributed by atoms with Crippen molar-refractivity contribution in [2.45, 2.75) is 63.4 Å². The van der Waals surface area contributed by atoms with E-state index in [1.807, 2.05) is 29.2 Å². The number of nitrogens with zero attached hydrogens (tertiary/aromatic N) is 4. The molecule has 1 atom stereocenters. The van der Waals surface area contributed by atoms with Crippen molar-refractivity contribution in [2.24, 2.45) is 0 Å². The fourth-order valence-corrected chi connectivity index (χ4v) is 6.51. The molecule has 1 saturated heterocycles. The average molecular weight is 389 g/mol. The molecule has 0 amide bonds. The van der Waals surface area contributed by atoms with Gasteiger partial charge in [-0.2, -0.15) is 16.9 Å². The van der Waals surface area contributed by atoms with Gasteiger partial charge in [-0.1, -0.05) is 0 Å². The van der Waals surface area contributed by atoms with Crippen LogP contribution < -0.4 is 5.56 Å². The van der Waals surface area contributed by atoms with Crippen molar-refractivity contribution < 1.29 is 0 Å². The van der Waals surface area contributed by atoms with Crippen LogP contribution in [0.25, 0.3) is 0 Å². The number of thiazole rings is 1. The van der Waals surface area contributed by atoms with Gasteiger partial charge < -0.3 is 0 Å². The summed E-state index contributed by atoms with van der Waals surface area (Å²) in [7, 11) is 0. The first kappa shape index (κ1) is 17.0. The molecule has 1 aliphatic carbocycles. The monoisotopic (exact) mass is 388 g/mol. The van der Waals surface area contributed by atoms with Crippen LogP contribution in [-0.4, -0.2) is 38.0 Å². The fraction of sp³-hybridized carbons (Fsp3) is 0.632. The zero-order valence-electron chi connectivity index (χ0n) is 14.9. The van der Waals surface area contributed by atoms with Crippen LogP contribution in [0.15, 0.2) is 10.9 Å². The first-order valence-corrected chi connectivity index (χ1v) is 11.6. The molecular weight excluding hydrogens is 364 g/mol. The highest BCUT2D eigenvalue weighted by atomic mass is 32.2. The summed E-state index contributed by atoms with van der Waals surface area (Å²) in [6, 6.07) is 2.22. The zero-order valence-corrected chi connectivity index (χ0v) is 16.6. The third kappa shape index (κ3) is 3.25. The second-order valence-corrected chi connectivity index (χ2v) is 9.81. The summed E-state index contributed by atoms with van der Waals surface area (Å²) in [5.74, 6) is 2.05. The second kappa shape index (κ2) is 7.09. The summed E-state index contributed by atoms with van der Waals surface area (Å²) in [4.78, 5) is 21.4. The van der Waals surface area contributed by atoms with Crippen molar-refractivity contribution in [3.63, 3.8) is 0 Å². The van der Waals surface area contributed by atoms with E-state index in [1.54, 1.807) is 4.68 Å². The molecule has 1 fully saturated rings. The number of fused-ring (bicyclic) bond motifs is 2. The molecule has 0 saturated carbocycles. The lowest BCUT2D eigenvalue weighted by Gasteiger charge is -2.24. The van der Waals surface area contributed by atoms with Gasteiger partial charge in [-0.25, -0.2) is 9.67 Å². The van der Waals surface area contributed by atoms with Gasteiger partial charge in [0.15, 0.2) is 0 Å². The molecule has 2 aromatic heterocycles. The maximum absolute atomic E-state index is 12.5. The lowest BCUT2D eigenvalue weighted by molar-refractivity contribution is 0.216. The van der Waals surface area contributed by atoms with Gasteiger partial charge in [0.25, 0.3) is 5.56 Å². The molecule has 0 radical (unpaired) electrons. The van der Waals surface area contributed by atoms with Crippen LogP contribution in [0.1, 0.15) is 46.1 Å². The molecular formula is C19H24N4OS2. The summed E-state index contributed by atoms with van der Waals surface area (Å²) in [5.41, 5.74) is 3.67. The highest BCUT2D eigenvalue weighted by Crippen LogP contribution is 2.30. The van der Waals surface area contributed by atoms with Gasteiger partial charge in [-0.3, -0.25) is 9.69 Å². The maximum Gasteiger partial charge on any atom is 0.267 e. The highest BCUT2D eigenvalue weighted by molar-refractivity contribution is 7.98. The van der Waals surface area contributed by atoms with Crippen LogP contribution in [0, 0.1) is 0 Å². The molecule has 0 bridgehead atoms. The lowest BCUT2D eigenvalue weighted by atomic mass is 10.2. The quantitative estimate of drug-likeness (QED) is 0.806. The van der Waals surface area contributed by atoms with Crippen LogP contribution in [0.5, 0.6) is 0 Å². The number of thioether (sulfide) groups is 1. The minimum Gasteiger partial charge on any atom is -0.292 e. The van der Waals surface area contributed by atoms with Crippen molar-refractivity contribution in [1.29, 1.82) is 0 Å². The molecule has 138 valence electrons. The highest BCUT2D eigenvalue weighted by Gasteiger charge is 2.28. The van der Waals surface area contributed by atoms with Crippen LogP contribution in [0.4, 0.5) is 0 Å². The zero-order chi connectivity index (χ0) is 17.5. The Morgan fingerprint density at radius 1 is 1.19 bits per heavy atom. The summed E-state index contributed by atoms with van der Waals surface area (Å²) < 4.78 is 1.72. The van der Waals surface area contributed by atoms with E-state index < -0.39 is 0 Å². The van der Waals surface area contributed by atoms with Crippen molar-refractivity contribution in [3.8, 4) is 0 Å². The Labute approximate surface area is 161 Å². The van der Waals surface area contributed by atoms with E-state index in [0.29, 0.717) is 12.6 Å². The van der Waals surface area contributed by atoms with Crippen LogP contribution in [0.3, 0.4) is 0 Å². The number of hydrogen-bond donors (Lipinski definition) is 0. The number of hydrogen-bond acceptors (Lipinski definition) is 6. The number of aryl methyl sites for hydroxylation is 3. The Hall–Kier alpha value is -1.18. The molecule has 3 aliphatic rings. The third-order valence-corrected chi connectivity index (χ3v) is 7.92. The fourth-order valence-electron chi connectivity index (χ4n) is 4.38. The first-order valence-electron chi connectivity index (χ1n) is 9.65. The molecule has 2 aromatic rings. The second-order valence-electron chi connectivity index (χ2n) is 7.54. The predicted octanol–water partition coefficient (Wildman–Crippen LogP) is 2.64. The maximum atomic E-state index is 12.5. The molecule has 0 aromatic carbocycles. The largest absolute Gasteiger partial charge is 0.292 e. The van der Waals surface area contributed by atoms with Crippen molar-refractivity contribution in [1.82, 2.24) is 19.7 Å². The summed E-state index contributed by atoms with van der Waals surface area (Å²) in [6.07, 6.45) is 6.97.